The monoisotopic (exact) mass is 709 g/mol. The van der Waals surface area contributed by atoms with Crippen LogP contribution in [0.4, 0.5) is 0 Å². The molecule has 5 nitrogen and oxygen atoms in total. The van der Waals surface area contributed by atoms with E-state index >= 15 is 0 Å². The Kier molecular flexibility index (Phi) is 38.3. The second kappa shape index (κ2) is 39.1. The highest BCUT2D eigenvalue weighted by atomic mass is 16.6. The van der Waals surface area contributed by atoms with Crippen LogP contribution in [0.3, 0.4) is 0 Å². The van der Waals surface area contributed by atoms with Crippen LogP contribution in [0.25, 0.3) is 0 Å². The van der Waals surface area contributed by atoms with E-state index in [9.17, 15) is 14.7 Å². The minimum absolute atomic E-state index is 0.108. The predicted octanol–water partition coefficient (Wildman–Crippen LogP) is 14.0. The lowest BCUT2D eigenvalue weighted by Gasteiger charge is -2.12. The van der Waals surface area contributed by atoms with Crippen LogP contribution in [0.5, 0.6) is 0 Å². The lowest BCUT2D eigenvalue weighted by atomic mass is 9.99. The number of carbonyl (C=O) groups excluding carboxylic acids is 2. The molecule has 0 heterocycles. The van der Waals surface area contributed by atoms with Gasteiger partial charge in [-0.3, -0.25) is 9.59 Å². The molecule has 2 atom stereocenters. The molecule has 1 N–H and O–H groups in total. The zero-order valence-electron chi connectivity index (χ0n) is 34.3. The highest BCUT2D eigenvalue weighted by Gasteiger charge is 2.12. The van der Waals surface area contributed by atoms with Gasteiger partial charge in [0.2, 0.25) is 0 Å². The number of rotatable bonds is 40. The minimum Gasteiger partial charge on any atom is -0.463 e. The van der Waals surface area contributed by atoms with Crippen LogP contribution in [-0.2, 0) is 19.1 Å². The summed E-state index contributed by atoms with van der Waals surface area (Å²) in [7, 11) is 0. The highest BCUT2D eigenvalue weighted by molar-refractivity contribution is 5.69. The van der Waals surface area contributed by atoms with Crippen molar-refractivity contribution in [3.63, 3.8) is 0 Å². The maximum atomic E-state index is 12.0. The predicted molar refractivity (Wildman–Crippen MR) is 215 cm³/mol. The van der Waals surface area contributed by atoms with E-state index in [0.29, 0.717) is 12.8 Å². The molecule has 0 saturated heterocycles. The SMILES string of the molecule is CCC(C)CCCCCCCCCCCCCCCCCCCCC(=O)OC[C@H](O)COC(=O)CCCCCCCCCCCCCC(C)C. The Labute approximate surface area is 312 Å². The van der Waals surface area contributed by atoms with Crippen molar-refractivity contribution in [3.8, 4) is 0 Å². The Bertz CT molecular complexity index is 708. The molecule has 0 saturated carbocycles. The number of unbranched alkanes of at least 4 members (excludes halogenated alkanes) is 27. The second-order valence-electron chi connectivity index (χ2n) is 16.3. The van der Waals surface area contributed by atoms with Crippen LogP contribution in [0, 0.1) is 11.8 Å². The lowest BCUT2D eigenvalue weighted by Crippen LogP contribution is -2.25. The standard InChI is InChI=1S/C45H88O5/c1-5-42(4)36-32-28-24-20-16-12-10-8-6-7-9-11-13-17-21-25-29-33-37-44(47)49-39-43(46)40-50-45(48)38-34-30-26-22-18-14-15-19-23-27-31-35-41(2)3/h41-43,46H,5-40H2,1-4H3/t42?,43-/m0/s1. The Morgan fingerprint density at radius 2 is 0.680 bits per heavy atom. The van der Waals surface area contributed by atoms with Crippen molar-refractivity contribution in [1.29, 1.82) is 0 Å². The van der Waals surface area contributed by atoms with Crippen molar-refractivity contribution >= 4 is 11.9 Å². The highest BCUT2D eigenvalue weighted by Crippen LogP contribution is 2.17. The number of esters is 2. The molecule has 0 aromatic rings. The summed E-state index contributed by atoms with van der Waals surface area (Å²) in [4.78, 5) is 24.0. The van der Waals surface area contributed by atoms with E-state index in [1.54, 1.807) is 0 Å². The summed E-state index contributed by atoms with van der Waals surface area (Å²) in [5.41, 5.74) is 0. The van der Waals surface area contributed by atoms with E-state index in [0.717, 1.165) is 37.5 Å². The van der Waals surface area contributed by atoms with Crippen molar-refractivity contribution in [1.82, 2.24) is 0 Å². The Balaban J connectivity index is 3.35. The number of hydrogen-bond acceptors (Lipinski definition) is 5. The second-order valence-corrected chi connectivity index (χ2v) is 16.3. The Hall–Kier alpha value is -1.10. The van der Waals surface area contributed by atoms with Gasteiger partial charge in [-0.05, 0) is 24.7 Å². The third kappa shape index (κ3) is 39.7. The molecule has 5 heteroatoms. The molecular formula is C45H88O5. The maximum Gasteiger partial charge on any atom is 0.305 e. The molecule has 298 valence electrons. The first-order valence-electron chi connectivity index (χ1n) is 22.3. The lowest BCUT2D eigenvalue weighted by molar-refractivity contribution is -0.152. The third-order valence-corrected chi connectivity index (χ3v) is 10.6. The number of ether oxygens (including phenoxy) is 2. The van der Waals surface area contributed by atoms with Crippen LogP contribution < -0.4 is 0 Å². The summed E-state index contributed by atoms with van der Waals surface area (Å²) in [5.74, 6) is 1.20. The molecular weight excluding hydrogens is 620 g/mol. The fraction of sp³-hybridized carbons (Fsp3) is 0.956. The smallest absolute Gasteiger partial charge is 0.305 e. The first kappa shape index (κ1) is 48.9. The van der Waals surface area contributed by atoms with E-state index in [1.807, 2.05) is 0 Å². The van der Waals surface area contributed by atoms with Gasteiger partial charge in [-0.2, -0.15) is 0 Å². The van der Waals surface area contributed by atoms with Gasteiger partial charge in [0.1, 0.15) is 19.3 Å². The number of aliphatic hydroxyl groups excluding tert-OH is 1. The molecule has 1 unspecified atom stereocenters. The normalized spacial score (nSPS) is 12.8. The van der Waals surface area contributed by atoms with E-state index in [2.05, 4.69) is 27.7 Å². The molecule has 0 aliphatic carbocycles. The van der Waals surface area contributed by atoms with Crippen molar-refractivity contribution in [2.75, 3.05) is 13.2 Å². The van der Waals surface area contributed by atoms with E-state index in [4.69, 9.17) is 9.47 Å². The molecule has 0 spiro atoms. The Morgan fingerprint density at radius 1 is 0.420 bits per heavy atom. The fourth-order valence-electron chi connectivity index (χ4n) is 6.78. The topological polar surface area (TPSA) is 72.8 Å². The average molecular weight is 709 g/mol. The summed E-state index contributed by atoms with van der Waals surface area (Å²) in [6, 6.07) is 0. The average Bonchev–Trinajstić information content (AvgIpc) is 3.10. The van der Waals surface area contributed by atoms with E-state index < -0.39 is 6.10 Å². The first-order chi connectivity index (χ1) is 24.3. The van der Waals surface area contributed by atoms with Crippen molar-refractivity contribution in [2.45, 2.75) is 252 Å². The number of carbonyl (C=O) groups is 2. The van der Waals surface area contributed by atoms with Gasteiger partial charge in [-0.15, -0.1) is 0 Å². The molecule has 0 aliphatic heterocycles. The zero-order valence-corrected chi connectivity index (χ0v) is 34.3. The quantitative estimate of drug-likeness (QED) is 0.0507. The minimum atomic E-state index is -0.956. The van der Waals surface area contributed by atoms with Crippen LogP contribution in [0.1, 0.15) is 246 Å². The zero-order chi connectivity index (χ0) is 36.8. The fourth-order valence-corrected chi connectivity index (χ4v) is 6.78. The van der Waals surface area contributed by atoms with Gasteiger partial charge in [-0.25, -0.2) is 0 Å². The summed E-state index contributed by atoms with van der Waals surface area (Å²) >= 11 is 0. The van der Waals surface area contributed by atoms with Gasteiger partial charge in [-0.1, -0.05) is 220 Å². The summed E-state index contributed by atoms with van der Waals surface area (Å²) in [6.07, 6.45) is 41.7. The van der Waals surface area contributed by atoms with Crippen LogP contribution in [0.2, 0.25) is 0 Å². The van der Waals surface area contributed by atoms with Crippen molar-refractivity contribution in [2.24, 2.45) is 11.8 Å². The van der Waals surface area contributed by atoms with Crippen molar-refractivity contribution < 1.29 is 24.2 Å². The number of hydrogen-bond donors (Lipinski definition) is 1. The summed E-state index contributed by atoms with van der Waals surface area (Å²) in [5, 5.41) is 10.0. The molecule has 0 rings (SSSR count). The van der Waals surface area contributed by atoms with Gasteiger partial charge in [0, 0.05) is 12.8 Å². The van der Waals surface area contributed by atoms with Crippen LogP contribution in [-0.4, -0.2) is 36.4 Å². The molecule has 0 aliphatic rings. The van der Waals surface area contributed by atoms with Gasteiger partial charge in [0.15, 0.2) is 0 Å². The van der Waals surface area contributed by atoms with Gasteiger partial charge in [0.05, 0.1) is 0 Å². The molecule has 0 aromatic carbocycles. The first-order valence-corrected chi connectivity index (χ1v) is 22.3. The van der Waals surface area contributed by atoms with Crippen LogP contribution in [0.15, 0.2) is 0 Å². The van der Waals surface area contributed by atoms with Gasteiger partial charge >= 0.3 is 11.9 Å². The largest absolute Gasteiger partial charge is 0.463 e. The molecule has 0 bridgehead atoms. The summed E-state index contributed by atoms with van der Waals surface area (Å²) < 4.78 is 10.4. The molecule has 0 amide bonds. The van der Waals surface area contributed by atoms with Crippen LogP contribution >= 0.6 is 0 Å². The molecule has 0 fully saturated rings. The maximum absolute atomic E-state index is 12.0. The van der Waals surface area contributed by atoms with Crippen molar-refractivity contribution in [3.05, 3.63) is 0 Å². The van der Waals surface area contributed by atoms with Gasteiger partial charge in [0.25, 0.3) is 0 Å². The summed E-state index contributed by atoms with van der Waals surface area (Å²) in [6.45, 7) is 9.08. The molecule has 0 radical (unpaired) electrons. The van der Waals surface area contributed by atoms with Gasteiger partial charge < -0.3 is 14.6 Å². The number of aliphatic hydroxyl groups is 1. The molecule has 50 heavy (non-hydrogen) atoms. The molecule has 0 aromatic heterocycles. The van der Waals surface area contributed by atoms with E-state index in [-0.39, 0.29) is 25.2 Å². The third-order valence-electron chi connectivity index (χ3n) is 10.6. The Morgan fingerprint density at radius 3 is 0.960 bits per heavy atom. The van der Waals surface area contributed by atoms with E-state index in [1.165, 1.54) is 180 Å².